The normalized spacial score (nSPS) is 22.4. The van der Waals surface area contributed by atoms with Gasteiger partial charge in [0.2, 0.25) is 5.91 Å². The molecule has 1 amide bonds. The Morgan fingerprint density at radius 1 is 1.22 bits per heavy atom. The molecule has 1 saturated heterocycles. The van der Waals surface area contributed by atoms with Crippen molar-refractivity contribution in [3.8, 4) is 23.3 Å². The number of benzene rings is 2. The van der Waals surface area contributed by atoms with Gasteiger partial charge in [-0.15, -0.1) is 11.8 Å². The molecule has 166 valence electrons. The Morgan fingerprint density at radius 2 is 2.03 bits per heavy atom. The highest BCUT2D eigenvalue weighted by atomic mass is 32.2. The van der Waals surface area contributed by atoms with Crippen LogP contribution in [0, 0.1) is 11.3 Å². The van der Waals surface area contributed by atoms with Crippen LogP contribution in [-0.2, 0) is 10.5 Å². The Kier molecular flexibility index (Phi) is 6.04. The van der Waals surface area contributed by atoms with E-state index in [0.29, 0.717) is 40.0 Å². The first kappa shape index (κ1) is 22.1. The molecule has 0 radical (unpaired) electrons. The maximum atomic E-state index is 13.3. The summed E-state index contributed by atoms with van der Waals surface area (Å²) in [5.41, 5.74) is 0.256. The zero-order valence-corrected chi connectivity index (χ0v) is 18.9. The first-order valence-corrected chi connectivity index (χ1v) is 11.2. The highest BCUT2D eigenvalue weighted by Gasteiger charge is 2.52. The molecule has 2 heterocycles. The van der Waals surface area contributed by atoms with E-state index in [4.69, 9.17) is 14.2 Å². The summed E-state index contributed by atoms with van der Waals surface area (Å²) in [7, 11) is 3.12. The van der Waals surface area contributed by atoms with E-state index in [0.717, 1.165) is 5.56 Å². The van der Waals surface area contributed by atoms with Crippen molar-refractivity contribution >= 4 is 17.7 Å². The molecule has 2 aliphatic heterocycles. The molecule has 32 heavy (non-hydrogen) atoms. The average Bonchev–Trinajstić information content (AvgIpc) is 3.18. The van der Waals surface area contributed by atoms with Crippen molar-refractivity contribution in [1.82, 2.24) is 4.90 Å². The van der Waals surface area contributed by atoms with E-state index in [9.17, 15) is 15.2 Å². The average molecular weight is 453 g/mol. The lowest BCUT2D eigenvalue weighted by Gasteiger charge is -2.38. The molecular formula is C24H24N2O5S. The van der Waals surface area contributed by atoms with Gasteiger partial charge < -0.3 is 19.3 Å². The van der Waals surface area contributed by atoms with Gasteiger partial charge in [-0.3, -0.25) is 9.69 Å². The van der Waals surface area contributed by atoms with E-state index in [-0.39, 0.29) is 18.1 Å². The molecular weight excluding hydrogens is 428 g/mol. The van der Waals surface area contributed by atoms with E-state index >= 15 is 0 Å². The number of carbonyl (C=O) groups excluding carboxylic acids is 1. The number of rotatable bonds is 6. The Hall–Kier alpha value is -3.15. The van der Waals surface area contributed by atoms with Gasteiger partial charge in [-0.2, -0.15) is 5.26 Å². The largest absolute Gasteiger partial charge is 0.497 e. The van der Waals surface area contributed by atoms with Crippen LogP contribution < -0.4 is 14.2 Å². The van der Waals surface area contributed by atoms with Gasteiger partial charge in [0, 0.05) is 17.9 Å². The van der Waals surface area contributed by atoms with Crippen LogP contribution in [0.3, 0.4) is 0 Å². The highest BCUT2D eigenvalue weighted by Crippen LogP contribution is 2.52. The topological polar surface area (TPSA) is 92.0 Å². The van der Waals surface area contributed by atoms with Gasteiger partial charge in [-0.25, -0.2) is 0 Å². The van der Waals surface area contributed by atoms with E-state index in [1.807, 2.05) is 19.1 Å². The number of aliphatic hydroxyl groups is 1. The van der Waals surface area contributed by atoms with Crippen LogP contribution in [0.2, 0.25) is 0 Å². The number of fused-ring (bicyclic) bond motifs is 1. The highest BCUT2D eigenvalue weighted by molar-refractivity contribution is 8.03. The summed E-state index contributed by atoms with van der Waals surface area (Å²) >= 11 is 1.31. The zero-order chi connectivity index (χ0) is 22.9. The fourth-order valence-corrected chi connectivity index (χ4v) is 5.53. The minimum atomic E-state index is -1.55. The van der Waals surface area contributed by atoms with Crippen molar-refractivity contribution in [3.63, 3.8) is 0 Å². The van der Waals surface area contributed by atoms with Gasteiger partial charge in [0.15, 0.2) is 17.2 Å². The summed E-state index contributed by atoms with van der Waals surface area (Å²) in [4.78, 5) is 14.7. The Balaban J connectivity index is 1.77. The van der Waals surface area contributed by atoms with Crippen molar-refractivity contribution in [2.24, 2.45) is 0 Å². The molecule has 0 aliphatic carbocycles. The van der Waals surface area contributed by atoms with E-state index in [1.165, 1.54) is 16.7 Å². The maximum Gasteiger partial charge on any atom is 0.231 e. The van der Waals surface area contributed by atoms with Crippen LogP contribution in [0.25, 0.3) is 0 Å². The summed E-state index contributed by atoms with van der Waals surface area (Å²) < 4.78 is 16.3. The molecule has 1 N–H and O–H groups in total. The van der Waals surface area contributed by atoms with E-state index in [2.05, 4.69) is 6.07 Å². The number of thioether (sulfide) groups is 1. The molecule has 2 atom stereocenters. The first-order chi connectivity index (χ1) is 15.5. The van der Waals surface area contributed by atoms with E-state index < -0.39 is 11.6 Å². The van der Waals surface area contributed by atoms with Crippen molar-refractivity contribution in [2.75, 3.05) is 26.6 Å². The fourth-order valence-electron chi connectivity index (χ4n) is 4.17. The van der Waals surface area contributed by atoms with Crippen LogP contribution in [0.15, 0.2) is 53.1 Å². The predicted molar refractivity (Wildman–Crippen MR) is 120 cm³/mol. The predicted octanol–water partition coefficient (Wildman–Crippen LogP) is 3.75. The summed E-state index contributed by atoms with van der Waals surface area (Å²) in [6.45, 7) is 2.35. The standard InChI is InChI=1S/C24H24N2O5S/c1-4-31-21-10-15(8-9-20(21)30-3)18-12-22(27)26-23(19(18)13-25)32-14-24(26,28)16-6-5-7-17(11-16)29-2/h5-11,18,28H,4,12,14H2,1-3H3/t18-,24+/m0/s1. The smallest absolute Gasteiger partial charge is 0.231 e. The van der Waals surface area contributed by atoms with Crippen LogP contribution >= 0.6 is 11.8 Å². The third-order valence-corrected chi connectivity index (χ3v) is 6.96. The van der Waals surface area contributed by atoms with Gasteiger partial charge in [0.05, 0.1) is 43.3 Å². The zero-order valence-electron chi connectivity index (χ0n) is 18.1. The Bertz CT molecular complexity index is 1130. The van der Waals surface area contributed by atoms with Gasteiger partial charge >= 0.3 is 0 Å². The molecule has 0 unspecified atom stereocenters. The van der Waals surface area contributed by atoms with Crippen molar-refractivity contribution in [3.05, 3.63) is 64.2 Å². The SMILES string of the molecule is CCOc1cc([C@@H]2CC(=O)N3C(=C2C#N)SC[C@@]3(O)c2cccc(OC)c2)ccc1OC. The quantitative estimate of drug-likeness (QED) is 0.714. The maximum absolute atomic E-state index is 13.3. The second-order valence-corrected chi connectivity index (χ2v) is 8.46. The molecule has 0 spiro atoms. The molecule has 0 bridgehead atoms. The number of hydrogen-bond acceptors (Lipinski definition) is 7. The lowest BCUT2D eigenvalue weighted by atomic mass is 9.85. The molecule has 2 aromatic rings. The number of ether oxygens (including phenoxy) is 3. The second-order valence-electron chi connectivity index (χ2n) is 7.50. The number of allylic oxidation sites excluding steroid dienone is 1. The van der Waals surface area contributed by atoms with Crippen molar-refractivity contribution in [2.45, 2.75) is 25.0 Å². The van der Waals surface area contributed by atoms with Crippen LogP contribution in [0.5, 0.6) is 17.2 Å². The minimum Gasteiger partial charge on any atom is -0.497 e. The number of methoxy groups -OCH3 is 2. The number of carbonyl (C=O) groups is 1. The monoisotopic (exact) mass is 452 g/mol. The lowest BCUT2D eigenvalue weighted by Crippen LogP contribution is -2.48. The van der Waals surface area contributed by atoms with Gasteiger partial charge in [-0.1, -0.05) is 18.2 Å². The third kappa shape index (κ3) is 3.57. The molecule has 0 aromatic heterocycles. The van der Waals surface area contributed by atoms with Gasteiger partial charge in [-0.05, 0) is 36.8 Å². The molecule has 4 rings (SSSR count). The van der Waals surface area contributed by atoms with Crippen LogP contribution in [0.4, 0.5) is 0 Å². The summed E-state index contributed by atoms with van der Waals surface area (Å²) in [5.74, 6) is 1.30. The number of nitriles is 1. The number of hydrogen-bond donors (Lipinski definition) is 1. The van der Waals surface area contributed by atoms with Crippen LogP contribution in [0.1, 0.15) is 30.4 Å². The molecule has 2 aromatic carbocycles. The molecule has 7 nitrogen and oxygen atoms in total. The molecule has 0 saturated carbocycles. The van der Waals surface area contributed by atoms with Crippen molar-refractivity contribution < 1.29 is 24.1 Å². The molecule has 8 heteroatoms. The van der Waals surface area contributed by atoms with Gasteiger partial charge in [0.1, 0.15) is 5.75 Å². The fraction of sp³-hybridized carbons (Fsp3) is 0.333. The summed E-state index contributed by atoms with van der Waals surface area (Å²) in [5, 5.41) is 22.1. The van der Waals surface area contributed by atoms with E-state index in [1.54, 1.807) is 44.6 Å². The number of nitrogens with zero attached hydrogens (tertiary/aromatic N) is 2. The first-order valence-electron chi connectivity index (χ1n) is 10.2. The third-order valence-electron chi connectivity index (χ3n) is 5.73. The number of amides is 1. The Morgan fingerprint density at radius 3 is 2.72 bits per heavy atom. The molecule has 1 fully saturated rings. The lowest BCUT2D eigenvalue weighted by molar-refractivity contribution is -0.149. The Labute approximate surface area is 191 Å². The molecule has 2 aliphatic rings. The van der Waals surface area contributed by atoms with Crippen LogP contribution in [-0.4, -0.2) is 42.5 Å². The second kappa shape index (κ2) is 8.77. The van der Waals surface area contributed by atoms with Crippen molar-refractivity contribution in [1.29, 1.82) is 5.26 Å². The summed E-state index contributed by atoms with van der Waals surface area (Å²) in [6, 6.07) is 14.8. The minimum absolute atomic E-state index is 0.0666. The summed E-state index contributed by atoms with van der Waals surface area (Å²) in [6.07, 6.45) is 0.0666. The van der Waals surface area contributed by atoms with Gasteiger partial charge in [0.25, 0.3) is 0 Å².